The average molecular weight is 465 g/mol. The van der Waals surface area contributed by atoms with Gasteiger partial charge in [-0.05, 0) is 44.5 Å². The van der Waals surface area contributed by atoms with E-state index in [0.717, 1.165) is 4.88 Å². The molecular weight excluding hydrogens is 446 g/mol. The molecule has 0 radical (unpaired) electrons. The number of nitrogens with zero attached hydrogens (tertiary/aromatic N) is 2. The summed E-state index contributed by atoms with van der Waals surface area (Å²) in [6.07, 6.45) is 1.23. The van der Waals surface area contributed by atoms with Crippen LogP contribution in [-0.4, -0.2) is 23.4 Å². The van der Waals surface area contributed by atoms with Crippen molar-refractivity contribution in [3.05, 3.63) is 73.8 Å². The lowest BCUT2D eigenvalue weighted by atomic mass is 10.1. The summed E-state index contributed by atoms with van der Waals surface area (Å²) >= 11 is 1.21. The molecule has 0 fully saturated rings. The number of benzene rings is 1. The Hall–Kier alpha value is -4.23. The molecule has 0 saturated heterocycles. The van der Waals surface area contributed by atoms with Crippen LogP contribution in [0.1, 0.15) is 33.5 Å². The standard InChI is InChI=1S/C23H19N3O6S/c1-4-31-23(28)20-13(2)14(3)33-22(20)25-21(27)15(12-24)11-16-9-10-19(32-16)17-7-5-6-8-18(17)26(29)30/h5-11H,4H2,1-3H3,(H,25,27)/b15-11+. The monoisotopic (exact) mass is 465 g/mol. The molecule has 0 spiro atoms. The van der Waals surface area contributed by atoms with Gasteiger partial charge in [0.25, 0.3) is 11.6 Å². The summed E-state index contributed by atoms with van der Waals surface area (Å²) in [5.41, 5.74) is 0.819. The number of hydrogen-bond acceptors (Lipinski definition) is 8. The van der Waals surface area contributed by atoms with Gasteiger partial charge in [-0.2, -0.15) is 5.26 Å². The van der Waals surface area contributed by atoms with Gasteiger partial charge in [-0.25, -0.2) is 4.79 Å². The van der Waals surface area contributed by atoms with Gasteiger partial charge in [0, 0.05) is 17.0 Å². The summed E-state index contributed by atoms with van der Waals surface area (Å²) in [6, 6.07) is 10.9. The van der Waals surface area contributed by atoms with Crippen LogP contribution in [-0.2, 0) is 9.53 Å². The highest BCUT2D eigenvalue weighted by molar-refractivity contribution is 7.16. The van der Waals surface area contributed by atoms with E-state index in [1.54, 1.807) is 32.0 Å². The number of rotatable bonds is 7. The van der Waals surface area contributed by atoms with Gasteiger partial charge < -0.3 is 14.5 Å². The summed E-state index contributed by atoms with van der Waals surface area (Å²) < 4.78 is 10.7. The fraction of sp³-hybridized carbons (Fsp3) is 0.174. The van der Waals surface area contributed by atoms with Crippen molar-refractivity contribution in [2.45, 2.75) is 20.8 Å². The highest BCUT2D eigenvalue weighted by Crippen LogP contribution is 2.34. The summed E-state index contributed by atoms with van der Waals surface area (Å²) in [6.45, 7) is 5.43. The fourth-order valence-electron chi connectivity index (χ4n) is 3.04. The van der Waals surface area contributed by atoms with Crippen molar-refractivity contribution < 1.29 is 23.7 Å². The van der Waals surface area contributed by atoms with E-state index in [1.807, 2.05) is 13.0 Å². The maximum Gasteiger partial charge on any atom is 0.341 e. The van der Waals surface area contributed by atoms with E-state index >= 15 is 0 Å². The lowest BCUT2D eigenvalue weighted by Crippen LogP contribution is -2.16. The zero-order chi connectivity index (χ0) is 24.1. The van der Waals surface area contributed by atoms with Crippen LogP contribution >= 0.6 is 11.3 Å². The number of furan rings is 1. The number of hydrogen-bond donors (Lipinski definition) is 1. The third-order valence-electron chi connectivity index (χ3n) is 4.74. The number of esters is 1. The summed E-state index contributed by atoms with van der Waals surface area (Å²) in [5.74, 6) is -0.899. The molecule has 0 unspecified atom stereocenters. The van der Waals surface area contributed by atoms with Gasteiger partial charge in [0.05, 0.1) is 22.7 Å². The summed E-state index contributed by atoms with van der Waals surface area (Å²) in [5, 5.41) is 23.6. The second kappa shape index (κ2) is 9.93. The number of nitro benzene ring substituents is 1. The quantitative estimate of drug-likeness (QED) is 0.165. The highest BCUT2D eigenvalue weighted by Gasteiger charge is 2.23. The molecule has 2 heterocycles. The lowest BCUT2D eigenvalue weighted by Gasteiger charge is -2.06. The smallest absolute Gasteiger partial charge is 0.341 e. The number of nitro groups is 1. The predicted molar refractivity (Wildman–Crippen MR) is 123 cm³/mol. The molecule has 0 saturated carbocycles. The minimum Gasteiger partial charge on any atom is -0.462 e. The number of amides is 1. The molecule has 3 rings (SSSR count). The summed E-state index contributed by atoms with van der Waals surface area (Å²) in [4.78, 5) is 36.6. The molecule has 1 amide bonds. The molecule has 2 aromatic heterocycles. The molecule has 33 heavy (non-hydrogen) atoms. The predicted octanol–water partition coefficient (Wildman–Crippen LogP) is 5.26. The molecule has 1 N–H and O–H groups in total. The second-order valence-electron chi connectivity index (χ2n) is 6.81. The fourth-order valence-corrected chi connectivity index (χ4v) is 4.09. The number of para-hydroxylation sites is 1. The van der Waals surface area contributed by atoms with Crippen molar-refractivity contribution in [3.63, 3.8) is 0 Å². The molecule has 0 aliphatic carbocycles. The van der Waals surface area contributed by atoms with Gasteiger partial charge in [-0.1, -0.05) is 12.1 Å². The van der Waals surface area contributed by atoms with Crippen LogP contribution in [0.5, 0.6) is 0 Å². The normalized spacial score (nSPS) is 11.0. The van der Waals surface area contributed by atoms with E-state index in [0.29, 0.717) is 5.56 Å². The first-order valence-corrected chi connectivity index (χ1v) is 10.6. The van der Waals surface area contributed by atoms with Crippen molar-refractivity contribution in [3.8, 4) is 17.4 Å². The topological polar surface area (TPSA) is 135 Å². The molecule has 0 aliphatic heterocycles. The van der Waals surface area contributed by atoms with Crippen LogP contribution in [0.4, 0.5) is 10.7 Å². The molecule has 10 heteroatoms. The molecule has 1 aromatic carbocycles. The first kappa shape index (κ1) is 23.4. The van der Waals surface area contributed by atoms with Crippen LogP contribution < -0.4 is 5.32 Å². The molecule has 168 valence electrons. The van der Waals surface area contributed by atoms with Crippen molar-refractivity contribution in [1.82, 2.24) is 0 Å². The average Bonchev–Trinajstić information content (AvgIpc) is 3.36. The molecule has 0 atom stereocenters. The molecule has 3 aromatic rings. The Morgan fingerprint density at radius 2 is 2.00 bits per heavy atom. The van der Waals surface area contributed by atoms with Crippen molar-refractivity contribution >= 4 is 40.0 Å². The van der Waals surface area contributed by atoms with Crippen LogP contribution in [0.15, 0.2) is 46.4 Å². The van der Waals surface area contributed by atoms with E-state index in [1.165, 1.54) is 35.6 Å². The summed E-state index contributed by atoms with van der Waals surface area (Å²) in [7, 11) is 0. The Kier molecular flexibility index (Phi) is 7.05. The number of ether oxygens (including phenoxy) is 1. The Morgan fingerprint density at radius 1 is 1.27 bits per heavy atom. The van der Waals surface area contributed by atoms with E-state index in [4.69, 9.17) is 9.15 Å². The largest absolute Gasteiger partial charge is 0.462 e. The maximum absolute atomic E-state index is 12.7. The van der Waals surface area contributed by atoms with Gasteiger partial charge in [-0.3, -0.25) is 14.9 Å². The van der Waals surface area contributed by atoms with Crippen LogP contribution in [0.25, 0.3) is 17.4 Å². The Bertz CT molecular complexity index is 1310. The number of carbonyl (C=O) groups excluding carboxylic acids is 2. The van der Waals surface area contributed by atoms with Crippen LogP contribution in [0.2, 0.25) is 0 Å². The number of thiophene rings is 1. The van der Waals surface area contributed by atoms with Crippen LogP contribution in [0.3, 0.4) is 0 Å². The molecule has 0 aliphatic rings. The van der Waals surface area contributed by atoms with E-state index in [2.05, 4.69) is 5.32 Å². The zero-order valence-electron chi connectivity index (χ0n) is 18.0. The first-order valence-electron chi connectivity index (χ1n) is 9.80. The second-order valence-corrected chi connectivity index (χ2v) is 8.03. The zero-order valence-corrected chi connectivity index (χ0v) is 18.8. The van der Waals surface area contributed by atoms with Crippen molar-refractivity contribution in [2.24, 2.45) is 0 Å². The number of nitriles is 1. The van der Waals surface area contributed by atoms with Crippen molar-refractivity contribution in [1.29, 1.82) is 5.26 Å². The van der Waals surface area contributed by atoms with Crippen LogP contribution in [0, 0.1) is 35.3 Å². The number of anilines is 1. The lowest BCUT2D eigenvalue weighted by molar-refractivity contribution is -0.384. The van der Waals surface area contributed by atoms with E-state index < -0.39 is 16.8 Å². The minimum atomic E-state index is -0.729. The maximum atomic E-state index is 12.7. The van der Waals surface area contributed by atoms with Crippen molar-refractivity contribution in [2.75, 3.05) is 11.9 Å². The molecule has 0 bridgehead atoms. The molecule has 9 nitrogen and oxygen atoms in total. The minimum absolute atomic E-state index is 0.129. The highest BCUT2D eigenvalue weighted by atomic mass is 32.1. The van der Waals surface area contributed by atoms with Gasteiger partial charge in [0.2, 0.25) is 0 Å². The first-order chi connectivity index (χ1) is 15.8. The number of carbonyl (C=O) groups is 2. The van der Waals surface area contributed by atoms with Gasteiger partial charge in [-0.15, -0.1) is 11.3 Å². The van der Waals surface area contributed by atoms with E-state index in [-0.39, 0.29) is 45.5 Å². The Morgan fingerprint density at radius 3 is 2.67 bits per heavy atom. The van der Waals surface area contributed by atoms with Gasteiger partial charge in [0.15, 0.2) is 0 Å². The number of nitrogens with one attached hydrogen (secondary N) is 1. The third-order valence-corrected chi connectivity index (χ3v) is 5.86. The van der Waals surface area contributed by atoms with Gasteiger partial charge in [0.1, 0.15) is 28.2 Å². The molecular formula is C23H19N3O6S. The number of aryl methyl sites for hydroxylation is 1. The SMILES string of the molecule is CCOC(=O)c1c(NC(=O)/C(C#N)=C/c2ccc(-c3ccccc3[N+](=O)[O-])o2)sc(C)c1C. The van der Waals surface area contributed by atoms with Gasteiger partial charge >= 0.3 is 5.97 Å². The van der Waals surface area contributed by atoms with E-state index in [9.17, 15) is 25.0 Å². The Balaban J connectivity index is 1.89. The third kappa shape index (κ3) is 4.99. The Labute approximate surface area is 193 Å².